The van der Waals surface area contributed by atoms with Crippen LogP contribution in [0.1, 0.15) is 80.1 Å². The van der Waals surface area contributed by atoms with Crippen molar-refractivity contribution in [1.82, 2.24) is 15.2 Å². The van der Waals surface area contributed by atoms with Crippen LogP contribution in [0, 0.1) is 13.8 Å². The van der Waals surface area contributed by atoms with Crippen molar-refractivity contribution in [1.29, 1.82) is 0 Å². The van der Waals surface area contributed by atoms with E-state index in [-0.39, 0.29) is 11.8 Å². The number of rotatable bonds is 12. The van der Waals surface area contributed by atoms with Gasteiger partial charge in [0.15, 0.2) is 0 Å². The smallest absolute Gasteiger partial charge is 0.274 e. The Morgan fingerprint density at radius 3 is 2.51 bits per heavy atom. The van der Waals surface area contributed by atoms with Crippen LogP contribution in [0.3, 0.4) is 0 Å². The number of benzene rings is 2. The van der Waals surface area contributed by atoms with E-state index in [2.05, 4.69) is 66.5 Å². The monoisotopic (exact) mass is 573 g/mol. The molecule has 0 radical (unpaired) electrons. The highest BCUT2D eigenvalue weighted by Crippen LogP contribution is 2.38. The maximum absolute atomic E-state index is 13.4. The van der Waals surface area contributed by atoms with E-state index in [1.54, 1.807) is 6.21 Å². The van der Waals surface area contributed by atoms with Crippen LogP contribution in [0.15, 0.2) is 47.6 Å². The SMILES string of the molecule is CCN(CC)CCN(C)Cc1cccc(C(=O)Nc2sc3c(c2C(=O)NN=Cc2ccc(C)c(C)c2)CCCC3)c1. The predicted octanol–water partition coefficient (Wildman–Crippen LogP) is 6.03. The molecule has 1 heterocycles. The summed E-state index contributed by atoms with van der Waals surface area (Å²) in [5.74, 6) is -0.493. The van der Waals surface area contributed by atoms with E-state index >= 15 is 0 Å². The van der Waals surface area contributed by atoms with Crippen molar-refractivity contribution in [3.8, 4) is 0 Å². The molecule has 0 saturated heterocycles. The molecule has 2 N–H and O–H groups in total. The van der Waals surface area contributed by atoms with Gasteiger partial charge >= 0.3 is 0 Å². The number of hydrogen-bond acceptors (Lipinski definition) is 6. The number of aryl methyl sites for hydroxylation is 3. The second-order valence-electron chi connectivity index (χ2n) is 10.9. The van der Waals surface area contributed by atoms with Gasteiger partial charge in [-0.25, -0.2) is 5.43 Å². The Morgan fingerprint density at radius 2 is 1.76 bits per heavy atom. The van der Waals surface area contributed by atoms with Crippen molar-refractivity contribution in [2.45, 2.75) is 59.9 Å². The van der Waals surface area contributed by atoms with Gasteiger partial charge in [0.05, 0.1) is 11.8 Å². The molecule has 0 atom stereocenters. The first kappa shape index (κ1) is 30.6. The molecule has 0 aliphatic heterocycles. The number of carbonyl (C=O) groups is 2. The van der Waals surface area contributed by atoms with E-state index in [4.69, 9.17) is 0 Å². The van der Waals surface area contributed by atoms with E-state index in [0.717, 1.165) is 75.1 Å². The van der Waals surface area contributed by atoms with E-state index in [9.17, 15) is 9.59 Å². The summed E-state index contributed by atoms with van der Waals surface area (Å²) in [6.07, 6.45) is 5.55. The van der Waals surface area contributed by atoms with Crippen LogP contribution in [0.5, 0.6) is 0 Å². The minimum absolute atomic E-state index is 0.205. The average Bonchev–Trinajstić information content (AvgIpc) is 3.33. The number of carbonyl (C=O) groups excluding carboxylic acids is 2. The lowest BCUT2D eigenvalue weighted by Crippen LogP contribution is -2.32. The predicted molar refractivity (Wildman–Crippen MR) is 170 cm³/mol. The molecule has 0 unspecified atom stereocenters. The lowest BCUT2D eigenvalue weighted by molar-refractivity contribution is 0.0955. The molecule has 0 fully saturated rings. The molecule has 2 aromatic carbocycles. The van der Waals surface area contributed by atoms with Crippen LogP contribution >= 0.6 is 11.3 Å². The normalized spacial score (nSPS) is 13.1. The molecule has 0 bridgehead atoms. The van der Waals surface area contributed by atoms with E-state index in [0.29, 0.717) is 16.1 Å². The third-order valence-electron chi connectivity index (χ3n) is 7.87. The molecule has 0 saturated carbocycles. The van der Waals surface area contributed by atoms with E-state index < -0.39 is 0 Å². The fraction of sp³-hybridized carbons (Fsp3) is 0.424. The van der Waals surface area contributed by atoms with Gasteiger partial charge in [0.1, 0.15) is 5.00 Å². The molecule has 0 spiro atoms. The summed E-state index contributed by atoms with van der Waals surface area (Å²) in [4.78, 5) is 32.6. The highest BCUT2D eigenvalue weighted by Gasteiger charge is 2.26. The molecule has 41 heavy (non-hydrogen) atoms. The zero-order valence-corrected chi connectivity index (χ0v) is 25.9. The third-order valence-corrected chi connectivity index (χ3v) is 9.08. The highest BCUT2D eigenvalue weighted by molar-refractivity contribution is 7.17. The molecule has 2 amide bonds. The number of nitrogens with one attached hydrogen (secondary N) is 2. The standard InChI is InChI=1S/C33H43N5O2S/c1-6-38(7-2)18-17-37(5)22-26-11-10-12-27(20-26)31(39)35-33-30(28-13-8-9-14-29(28)41-33)32(40)36-34-21-25-16-15-23(3)24(4)19-25/h10-12,15-16,19-21H,6-9,13-14,17-18,22H2,1-5H3,(H,35,39)(H,36,40). The van der Waals surface area contributed by atoms with Crippen molar-refractivity contribution in [2.75, 3.05) is 38.5 Å². The summed E-state index contributed by atoms with van der Waals surface area (Å²) in [6, 6.07) is 13.8. The zero-order chi connectivity index (χ0) is 29.4. The van der Waals surface area contributed by atoms with E-state index in [1.807, 2.05) is 36.4 Å². The number of fused-ring (bicyclic) bond motifs is 1. The molecular weight excluding hydrogens is 530 g/mol. The fourth-order valence-electron chi connectivity index (χ4n) is 5.19. The maximum atomic E-state index is 13.4. The Morgan fingerprint density at radius 1 is 0.976 bits per heavy atom. The number of nitrogens with zero attached hydrogens (tertiary/aromatic N) is 3. The van der Waals surface area contributed by atoms with Gasteiger partial charge in [-0.3, -0.25) is 9.59 Å². The Bertz CT molecular complexity index is 1390. The van der Waals surface area contributed by atoms with Crippen LogP contribution in [0.4, 0.5) is 5.00 Å². The Balaban J connectivity index is 1.46. The van der Waals surface area contributed by atoms with E-state index in [1.165, 1.54) is 27.3 Å². The zero-order valence-electron chi connectivity index (χ0n) is 25.0. The molecule has 8 heteroatoms. The van der Waals surface area contributed by atoms with Crippen molar-refractivity contribution in [3.05, 3.63) is 86.3 Å². The molecule has 3 aromatic rings. The first-order valence-electron chi connectivity index (χ1n) is 14.6. The van der Waals surface area contributed by atoms with Gasteiger partial charge in [0.25, 0.3) is 11.8 Å². The fourth-order valence-corrected chi connectivity index (χ4v) is 6.47. The van der Waals surface area contributed by atoms with Crippen LogP contribution in [-0.2, 0) is 19.4 Å². The van der Waals surface area contributed by atoms with Crippen LogP contribution in [0.25, 0.3) is 0 Å². The van der Waals surface area contributed by atoms with Gasteiger partial charge in [-0.15, -0.1) is 11.3 Å². The maximum Gasteiger partial charge on any atom is 0.274 e. The summed E-state index contributed by atoms with van der Waals surface area (Å²) in [7, 11) is 2.11. The Labute approximate surface area is 248 Å². The largest absolute Gasteiger partial charge is 0.313 e. The number of hydrazone groups is 1. The Hall–Kier alpha value is -3.33. The average molecular weight is 574 g/mol. The molecule has 218 valence electrons. The lowest BCUT2D eigenvalue weighted by Gasteiger charge is -2.23. The molecule has 1 aliphatic carbocycles. The second kappa shape index (κ2) is 14.5. The van der Waals surface area contributed by atoms with Gasteiger partial charge in [-0.1, -0.05) is 44.2 Å². The van der Waals surface area contributed by atoms with Crippen molar-refractivity contribution >= 4 is 34.4 Å². The van der Waals surface area contributed by atoms with Gasteiger partial charge in [0.2, 0.25) is 0 Å². The first-order chi connectivity index (χ1) is 19.8. The summed E-state index contributed by atoms with van der Waals surface area (Å²) in [5.41, 5.74) is 9.28. The number of amides is 2. The topological polar surface area (TPSA) is 77.0 Å². The number of likely N-dealkylation sites (N-methyl/N-ethyl adjacent to an activating group) is 2. The minimum atomic E-state index is -0.289. The molecule has 1 aromatic heterocycles. The summed E-state index contributed by atoms with van der Waals surface area (Å²) < 4.78 is 0. The first-order valence-corrected chi connectivity index (χ1v) is 15.5. The van der Waals surface area contributed by atoms with Crippen LogP contribution in [0.2, 0.25) is 0 Å². The van der Waals surface area contributed by atoms with Gasteiger partial charge in [-0.2, -0.15) is 5.10 Å². The molecule has 1 aliphatic rings. The van der Waals surface area contributed by atoms with Crippen molar-refractivity contribution < 1.29 is 9.59 Å². The summed E-state index contributed by atoms with van der Waals surface area (Å²) in [5, 5.41) is 7.90. The van der Waals surface area contributed by atoms with Gasteiger partial charge < -0.3 is 15.1 Å². The quantitative estimate of drug-likeness (QED) is 0.205. The number of hydrogen-bond donors (Lipinski definition) is 2. The van der Waals surface area contributed by atoms with Crippen LogP contribution < -0.4 is 10.7 Å². The van der Waals surface area contributed by atoms with Gasteiger partial charge in [-0.05, 0) is 99.6 Å². The van der Waals surface area contributed by atoms with Crippen molar-refractivity contribution in [2.24, 2.45) is 5.10 Å². The van der Waals surface area contributed by atoms with Gasteiger partial charge in [0, 0.05) is 30.1 Å². The molecule has 4 rings (SSSR count). The highest BCUT2D eigenvalue weighted by atomic mass is 32.1. The Kier molecular flexibility index (Phi) is 10.9. The number of thiophene rings is 1. The second-order valence-corrected chi connectivity index (χ2v) is 12.0. The summed E-state index contributed by atoms with van der Waals surface area (Å²) >= 11 is 1.52. The molecular formula is C33H43N5O2S. The minimum Gasteiger partial charge on any atom is -0.313 e. The lowest BCUT2D eigenvalue weighted by atomic mass is 9.95. The van der Waals surface area contributed by atoms with Crippen LogP contribution in [-0.4, -0.2) is 61.1 Å². The molecule has 7 nitrogen and oxygen atoms in total. The van der Waals surface area contributed by atoms with Crippen molar-refractivity contribution in [3.63, 3.8) is 0 Å². The third kappa shape index (κ3) is 8.12. The summed E-state index contributed by atoms with van der Waals surface area (Å²) in [6.45, 7) is 13.3. The number of anilines is 1.